The van der Waals surface area contributed by atoms with Crippen molar-refractivity contribution in [1.29, 1.82) is 0 Å². The predicted octanol–water partition coefficient (Wildman–Crippen LogP) is 3.48. The molecule has 0 saturated carbocycles. The molecule has 2 aromatic carbocycles. The molecular weight excluding hydrogens is 314 g/mol. The number of anilines is 1. The van der Waals surface area contributed by atoms with Gasteiger partial charge in [-0.15, -0.1) is 0 Å². The first-order valence-corrected chi connectivity index (χ1v) is 7.23. The third-order valence-corrected chi connectivity index (χ3v) is 3.37. The number of halogens is 1. The number of benzene rings is 2. The molecule has 0 fully saturated rings. The Morgan fingerprint density at radius 1 is 1.00 bits per heavy atom. The molecule has 0 aliphatic rings. The van der Waals surface area contributed by atoms with E-state index in [1.165, 1.54) is 12.3 Å². The summed E-state index contributed by atoms with van der Waals surface area (Å²) in [6.07, 6.45) is 1.45. The van der Waals surface area contributed by atoms with Gasteiger partial charge < -0.3 is 5.32 Å². The van der Waals surface area contributed by atoms with Crippen molar-refractivity contribution in [1.82, 2.24) is 9.78 Å². The van der Waals surface area contributed by atoms with Gasteiger partial charge >= 0.3 is 0 Å². The van der Waals surface area contributed by atoms with E-state index in [2.05, 4.69) is 10.4 Å². The smallest absolute Gasteiger partial charge is 0.278 e. The summed E-state index contributed by atoms with van der Waals surface area (Å²) in [5.74, 6) is -0.736. The van der Waals surface area contributed by atoms with Crippen molar-refractivity contribution in [3.8, 4) is 0 Å². The summed E-state index contributed by atoms with van der Waals surface area (Å²) in [4.78, 5) is 24.4. The minimum Gasteiger partial charge on any atom is -0.321 e. The Bertz CT molecular complexity index is 859. The first kappa shape index (κ1) is 15.0. The van der Waals surface area contributed by atoms with E-state index in [0.717, 1.165) is 4.68 Å². The Balaban J connectivity index is 1.77. The van der Waals surface area contributed by atoms with E-state index in [0.29, 0.717) is 16.3 Å². The van der Waals surface area contributed by atoms with Crippen LogP contribution < -0.4 is 5.32 Å². The van der Waals surface area contributed by atoms with Gasteiger partial charge in [0.15, 0.2) is 5.69 Å². The first-order chi connectivity index (χ1) is 11.1. The number of carbonyl (C=O) groups is 2. The molecule has 0 bridgehead atoms. The minimum absolute atomic E-state index is 0.157. The molecule has 0 radical (unpaired) electrons. The van der Waals surface area contributed by atoms with E-state index < -0.39 is 0 Å². The Kier molecular flexibility index (Phi) is 4.21. The molecule has 5 nitrogen and oxygen atoms in total. The summed E-state index contributed by atoms with van der Waals surface area (Å²) < 4.78 is 1.12. The fourth-order valence-corrected chi connectivity index (χ4v) is 2.22. The maximum Gasteiger partial charge on any atom is 0.278 e. The van der Waals surface area contributed by atoms with Gasteiger partial charge in [-0.2, -0.15) is 5.10 Å². The molecule has 1 amide bonds. The predicted molar refractivity (Wildman–Crippen MR) is 87.8 cm³/mol. The van der Waals surface area contributed by atoms with E-state index in [-0.39, 0.29) is 17.5 Å². The maximum absolute atomic E-state index is 12.3. The lowest BCUT2D eigenvalue weighted by Gasteiger charge is -2.03. The molecule has 1 aromatic heterocycles. The molecule has 0 aliphatic heterocycles. The van der Waals surface area contributed by atoms with Crippen LogP contribution in [0.4, 0.5) is 5.69 Å². The van der Waals surface area contributed by atoms with Gasteiger partial charge in [0.25, 0.3) is 11.8 Å². The van der Waals surface area contributed by atoms with Crippen LogP contribution in [0, 0.1) is 0 Å². The number of carbonyl (C=O) groups excluding carboxylic acids is 2. The van der Waals surface area contributed by atoms with Gasteiger partial charge in [-0.25, -0.2) is 4.68 Å². The van der Waals surface area contributed by atoms with Crippen LogP contribution in [0.2, 0.25) is 5.02 Å². The summed E-state index contributed by atoms with van der Waals surface area (Å²) >= 11 is 5.88. The highest BCUT2D eigenvalue weighted by Gasteiger charge is 2.14. The highest BCUT2D eigenvalue weighted by atomic mass is 35.5. The number of aromatic nitrogens is 2. The molecular formula is C17H12ClN3O2. The highest BCUT2D eigenvalue weighted by Crippen LogP contribution is 2.12. The van der Waals surface area contributed by atoms with Crippen LogP contribution in [0.1, 0.15) is 20.8 Å². The van der Waals surface area contributed by atoms with Crippen molar-refractivity contribution >= 4 is 29.1 Å². The quantitative estimate of drug-likeness (QED) is 0.802. The summed E-state index contributed by atoms with van der Waals surface area (Å²) in [5.41, 5.74) is 1.22. The highest BCUT2D eigenvalue weighted by molar-refractivity contribution is 6.31. The van der Waals surface area contributed by atoms with Crippen LogP contribution >= 0.6 is 11.6 Å². The largest absolute Gasteiger partial charge is 0.321 e. The summed E-state index contributed by atoms with van der Waals surface area (Å²) in [7, 11) is 0. The van der Waals surface area contributed by atoms with Crippen LogP contribution in [0.5, 0.6) is 0 Å². The van der Waals surface area contributed by atoms with Crippen molar-refractivity contribution in [2.24, 2.45) is 0 Å². The normalized spacial score (nSPS) is 10.3. The van der Waals surface area contributed by atoms with Gasteiger partial charge in [0.05, 0.1) is 0 Å². The van der Waals surface area contributed by atoms with Crippen LogP contribution in [0.15, 0.2) is 66.9 Å². The molecule has 0 unspecified atom stereocenters. The van der Waals surface area contributed by atoms with Gasteiger partial charge in [-0.05, 0) is 36.4 Å². The van der Waals surface area contributed by atoms with Crippen molar-refractivity contribution in [3.05, 3.63) is 83.1 Å². The van der Waals surface area contributed by atoms with Crippen molar-refractivity contribution in [3.63, 3.8) is 0 Å². The molecule has 114 valence electrons. The second-order valence-electron chi connectivity index (χ2n) is 4.78. The number of nitrogens with zero attached hydrogens (tertiary/aromatic N) is 2. The second kappa shape index (κ2) is 6.46. The van der Waals surface area contributed by atoms with Gasteiger partial charge in [0.1, 0.15) is 0 Å². The standard InChI is InChI=1S/C17H12ClN3O2/c18-13-6-4-5-12(11-13)17(23)21-10-9-15(20-21)16(22)19-14-7-2-1-3-8-14/h1-11H,(H,19,22). The Labute approximate surface area is 137 Å². The molecule has 3 aromatic rings. The van der Waals surface area contributed by atoms with Gasteiger partial charge in [0.2, 0.25) is 0 Å². The van der Waals surface area contributed by atoms with Crippen LogP contribution in [-0.4, -0.2) is 21.6 Å². The number of nitrogens with one attached hydrogen (secondary N) is 1. The summed E-state index contributed by atoms with van der Waals surface area (Å²) in [6, 6.07) is 17.1. The summed E-state index contributed by atoms with van der Waals surface area (Å²) in [6.45, 7) is 0. The van der Waals surface area contributed by atoms with Gasteiger partial charge in [-0.1, -0.05) is 35.9 Å². The first-order valence-electron chi connectivity index (χ1n) is 6.86. The van der Waals surface area contributed by atoms with E-state index in [4.69, 9.17) is 11.6 Å². The molecule has 0 aliphatic carbocycles. The number of para-hydroxylation sites is 1. The number of hydrogen-bond acceptors (Lipinski definition) is 3. The third-order valence-electron chi connectivity index (χ3n) is 3.13. The van der Waals surface area contributed by atoms with E-state index in [1.807, 2.05) is 18.2 Å². The van der Waals surface area contributed by atoms with Gasteiger partial charge in [-0.3, -0.25) is 9.59 Å². The van der Waals surface area contributed by atoms with Crippen LogP contribution in [-0.2, 0) is 0 Å². The van der Waals surface area contributed by atoms with E-state index in [9.17, 15) is 9.59 Å². The van der Waals surface area contributed by atoms with E-state index >= 15 is 0 Å². The lowest BCUT2D eigenvalue weighted by molar-refractivity contribution is 0.0944. The molecule has 3 rings (SSSR count). The molecule has 0 spiro atoms. The average molecular weight is 326 g/mol. The van der Waals surface area contributed by atoms with Crippen molar-refractivity contribution in [2.45, 2.75) is 0 Å². The second-order valence-corrected chi connectivity index (χ2v) is 5.22. The monoisotopic (exact) mass is 325 g/mol. The Hall–Kier alpha value is -2.92. The molecule has 23 heavy (non-hydrogen) atoms. The summed E-state index contributed by atoms with van der Waals surface area (Å²) in [5, 5.41) is 7.20. The van der Waals surface area contributed by atoms with Crippen LogP contribution in [0.3, 0.4) is 0 Å². The molecule has 0 atom stereocenters. The zero-order chi connectivity index (χ0) is 16.2. The molecule has 0 saturated heterocycles. The maximum atomic E-state index is 12.3. The topological polar surface area (TPSA) is 64.0 Å². The lowest BCUT2D eigenvalue weighted by Crippen LogP contribution is -2.16. The third kappa shape index (κ3) is 3.46. The number of amides is 1. The number of rotatable bonds is 3. The van der Waals surface area contributed by atoms with Crippen LogP contribution in [0.25, 0.3) is 0 Å². The average Bonchev–Trinajstić information content (AvgIpc) is 3.05. The zero-order valence-corrected chi connectivity index (χ0v) is 12.7. The molecule has 1 N–H and O–H groups in total. The SMILES string of the molecule is O=C(Nc1ccccc1)c1ccn(C(=O)c2cccc(Cl)c2)n1. The van der Waals surface area contributed by atoms with Gasteiger partial charge in [0, 0.05) is 22.5 Å². The Morgan fingerprint density at radius 3 is 2.52 bits per heavy atom. The lowest BCUT2D eigenvalue weighted by atomic mass is 10.2. The fraction of sp³-hybridized carbons (Fsp3) is 0. The van der Waals surface area contributed by atoms with E-state index in [1.54, 1.807) is 36.4 Å². The molecule has 6 heteroatoms. The van der Waals surface area contributed by atoms with Crippen molar-refractivity contribution in [2.75, 3.05) is 5.32 Å². The minimum atomic E-state index is -0.381. The fourth-order valence-electron chi connectivity index (χ4n) is 2.03. The Morgan fingerprint density at radius 2 is 1.78 bits per heavy atom. The number of hydrogen-bond donors (Lipinski definition) is 1. The zero-order valence-electron chi connectivity index (χ0n) is 11.9. The van der Waals surface area contributed by atoms with Crippen molar-refractivity contribution < 1.29 is 9.59 Å². The molecule has 1 heterocycles.